The van der Waals surface area contributed by atoms with Crippen LogP contribution in [0.15, 0.2) is 0 Å². The average Bonchev–Trinajstić information content (AvgIpc) is 2.35. The molecule has 1 heterocycles. The maximum absolute atomic E-state index is 5.32. The molecule has 0 saturated carbocycles. The largest absolute Gasteiger partial charge is 0.368 e. The standard InChI is InChI=1S/C7H11N5/c1-4-7(2,3)10-6-9-5(8)11-12-6/h1H,2-3H3,(H4,8,9,10,11,12). The van der Waals surface area contributed by atoms with Gasteiger partial charge in [0.05, 0.1) is 5.54 Å². The molecule has 0 aliphatic rings. The van der Waals surface area contributed by atoms with Gasteiger partial charge >= 0.3 is 0 Å². The van der Waals surface area contributed by atoms with E-state index in [1.54, 1.807) is 0 Å². The van der Waals surface area contributed by atoms with E-state index in [4.69, 9.17) is 12.2 Å². The molecule has 5 heteroatoms. The van der Waals surface area contributed by atoms with Gasteiger partial charge in [-0.1, -0.05) is 5.92 Å². The molecule has 0 aliphatic heterocycles. The number of aromatic amines is 1. The minimum absolute atomic E-state index is 0.269. The van der Waals surface area contributed by atoms with Gasteiger partial charge in [0.2, 0.25) is 11.9 Å². The summed E-state index contributed by atoms with van der Waals surface area (Å²) in [6, 6.07) is 0. The van der Waals surface area contributed by atoms with Gasteiger partial charge in [-0.25, -0.2) is 5.10 Å². The van der Waals surface area contributed by atoms with E-state index >= 15 is 0 Å². The first kappa shape index (κ1) is 8.40. The third-order valence-corrected chi connectivity index (χ3v) is 1.29. The van der Waals surface area contributed by atoms with Gasteiger partial charge < -0.3 is 11.1 Å². The SMILES string of the molecule is C#CC(C)(C)Nc1n[nH]c(N)n1. The Hall–Kier alpha value is -1.70. The van der Waals surface area contributed by atoms with Crippen LogP contribution in [0.5, 0.6) is 0 Å². The van der Waals surface area contributed by atoms with Crippen molar-refractivity contribution in [2.24, 2.45) is 0 Å². The number of nitrogen functional groups attached to an aromatic ring is 1. The van der Waals surface area contributed by atoms with Gasteiger partial charge in [-0.3, -0.25) is 0 Å². The van der Waals surface area contributed by atoms with E-state index in [9.17, 15) is 0 Å². The molecule has 0 aliphatic carbocycles. The van der Waals surface area contributed by atoms with E-state index in [1.165, 1.54) is 0 Å². The monoisotopic (exact) mass is 165 g/mol. The molecule has 1 rings (SSSR count). The average molecular weight is 165 g/mol. The smallest absolute Gasteiger partial charge is 0.244 e. The number of anilines is 2. The lowest BCUT2D eigenvalue weighted by Crippen LogP contribution is -2.29. The highest BCUT2D eigenvalue weighted by atomic mass is 15.3. The van der Waals surface area contributed by atoms with Crippen molar-refractivity contribution in [1.82, 2.24) is 15.2 Å². The van der Waals surface area contributed by atoms with Gasteiger partial charge in [-0.15, -0.1) is 11.5 Å². The molecule has 12 heavy (non-hydrogen) atoms. The van der Waals surface area contributed by atoms with Crippen molar-refractivity contribution >= 4 is 11.9 Å². The van der Waals surface area contributed by atoms with Crippen LogP contribution in [0.25, 0.3) is 0 Å². The fourth-order valence-electron chi connectivity index (χ4n) is 0.646. The maximum Gasteiger partial charge on any atom is 0.244 e. The fourth-order valence-corrected chi connectivity index (χ4v) is 0.646. The molecule has 0 spiro atoms. The Morgan fingerprint density at radius 2 is 2.33 bits per heavy atom. The first-order valence-electron chi connectivity index (χ1n) is 3.47. The van der Waals surface area contributed by atoms with E-state index < -0.39 is 5.54 Å². The molecule has 0 fully saturated rings. The molecule has 0 atom stereocenters. The van der Waals surface area contributed by atoms with Gasteiger partial charge in [0, 0.05) is 0 Å². The normalized spacial score (nSPS) is 10.8. The second kappa shape index (κ2) is 2.74. The summed E-state index contributed by atoms with van der Waals surface area (Å²) in [6.07, 6.45) is 5.25. The molecule has 1 aromatic rings. The molecule has 0 unspecified atom stereocenters. The van der Waals surface area contributed by atoms with Gasteiger partial charge in [-0.2, -0.15) is 4.98 Å². The zero-order valence-corrected chi connectivity index (χ0v) is 7.05. The third-order valence-electron chi connectivity index (χ3n) is 1.29. The van der Waals surface area contributed by atoms with Crippen molar-refractivity contribution < 1.29 is 0 Å². The first-order valence-corrected chi connectivity index (χ1v) is 3.47. The lowest BCUT2D eigenvalue weighted by molar-refractivity contribution is 0.730. The topological polar surface area (TPSA) is 79.6 Å². The highest BCUT2D eigenvalue weighted by Crippen LogP contribution is 2.09. The number of terminal acetylenes is 1. The number of nitrogens with zero attached hydrogens (tertiary/aromatic N) is 2. The van der Waals surface area contributed by atoms with E-state index in [0.717, 1.165) is 0 Å². The van der Waals surface area contributed by atoms with Gasteiger partial charge in [0.25, 0.3) is 0 Å². The van der Waals surface area contributed by atoms with Crippen LogP contribution in [0.4, 0.5) is 11.9 Å². The van der Waals surface area contributed by atoms with Crippen molar-refractivity contribution in [2.45, 2.75) is 19.4 Å². The van der Waals surface area contributed by atoms with Gasteiger partial charge in [0.15, 0.2) is 0 Å². The summed E-state index contributed by atoms with van der Waals surface area (Å²) in [4.78, 5) is 3.85. The molecule has 4 N–H and O–H groups in total. The summed E-state index contributed by atoms with van der Waals surface area (Å²) < 4.78 is 0. The molecule has 0 amide bonds. The van der Waals surface area contributed by atoms with Gasteiger partial charge in [0.1, 0.15) is 0 Å². The zero-order chi connectivity index (χ0) is 9.19. The zero-order valence-electron chi connectivity index (χ0n) is 7.05. The maximum atomic E-state index is 5.32. The summed E-state index contributed by atoms with van der Waals surface area (Å²) in [5.41, 5.74) is 4.85. The van der Waals surface area contributed by atoms with E-state index in [0.29, 0.717) is 5.95 Å². The van der Waals surface area contributed by atoms with Crippen LogP contribution < -0.4 is 11.1 Å². The molecule has 5 nitrogen and oxygen atoms in total. The number of rotatable bonds is 2. The Labute approximate surface area is 70.8 Å². The lowest BCUT2D eigenvalue weighted by atomic mass is 10.1. The quantitative estimate of drug-likeness (QED) is 0.547. The summed E-state index contributed by atoms with van der Waals surface area (Å²) in [7, 11) is 0. The second-order valence-corrected chi connectivity index (χ2v) is 2.94. The number of nitrogens with two attached hydrogens (primary N) is 1. The summed E-state index contributed by atoms with van der Waals surface area (Å²) >= 11 is 0. The van der Waals surface area contributed by atoms with Crippen LogP contribution in [0, 0.1) is 12.3 Å². The van der Waals surface area contributed by atoms with Crippen LogP contribution in [0.2, 0.25) is 0 Å². The predicted molar refractivity (Wildman–Crippen MR) is 47.3 cm³/mol. The summed E-state index contributed by atoms with van der Waals surface area (Å²) in [6.45, 7) is 3.69. The lowest BCUT2D eigenvalue weighted by Gasteiger charge is -2.17. The summed E-state index contributed by atoms with van der Waals surface area (Å²) in [5, 5.41) is 9.20. The Bertz CT molecular complexity index is 306. The van der Waals surface area contributed by atoms with E-state index in [1.807, 2.05) is 13.8 Å². The van der Waals surface area contributed by atoms with Crippen molar-refractivity contribution in [3.63, 3.8) is 0 Å². The van der Waals surface area contributed by atoms with Crippen LogP contribution in [-0.2, 0) is 0 Å². The Morgan fingerprint density at radius 1 is 1.67 bits per heavy atom. The number of hydrogen-bond acceptors (Lipinski definition) is 4. The first-order chi connectivity index (χ1) is 5.53. The minimum Gasteiger partial charge on any atom is -0.368 e. The fraction of sp³-hybridized carbons (Fsp3) is 0.429. The van der Waals surface area contributed by atoms with Crippen LogP contribution in [-0.4, -0.2) is 20.7 Å². The molecule has 0 saturated heterocycles. The number of H-pyrrole nitrogens is 1. The van der Waals surface area contributed by atoms with Gasteiger partial charge in [-0.05, 0) is 13.8 Å². The summed E-state index contributed by atoms with van der Waals surface area (Å²) in [5.74, 6) is 3.23. The molecule has 64 valence electrons. The molecular formula is C7H11N5. The third kappa shape index (κ3) is 1.89. The molecule has 0 aromatic carbocycles. The van der Waals surface area contributed by atoms with Crippen molar-refractivity contribution in [1.29, 1.82) is 0 Å². The van der Waals surface area contributed by atoms with Crippen LogP contribution in [0.1, 0.15) is 13.8 Å². The molecule has 1 aromatic heterocycles. The Kier molecular flexibility index (Phi) is 1.92. The number of hydrogen-bond donors (Lipinski definition) is 3. The van der Waals surface area contributed by atoms with Crippen LogP contribution in [0.3, 0.4) is 0 Å². The predicted octanol–water partition coefficient (Wildman–Crippen LogP) is 0.211. The second-order valence-electron chi connectivity index (χ2n) is 2.94. The Morgan fingerprint density at radius 3 is 2.75 bits per heavy atom. The van der Waals surface area contributed by atoms with Crippen molar-refractivity contribution in [3.8, 4) is 12.3 Å². The molecule has 0 bridgehead atoms. The highest BCUT2D eigenvalue weighted by Gasteiger charge is 2.14. The van der Waals surface area contributed by atoms with E-state index in [-0.39, 0.29) is 5.95 Å². The van der Waals surface area contributed by atoms with Crippen LogP contribution >= 0.6 is 0 Å². The number of nitrogens with one attached hydrogen (secondary N) is 2. The minimum atomic E-state index is -0.464. The number of aromatic nitrogens is 3. The molecule has 0 radical (unpaired) electrons. The van der Waals surface area contributed by atoms with Crippen molar-refractivity contribution in [3.05, 3.63) is 0 Å². The highest BCUT2D eigenvalue weighted by molar-refractivity contribution is 5.36. The Balaban J connectivity index is 2.72. The molecular weight excluding hydrogens is 154 g/mol. The van der Waals surface area contributed by atoms with Crippen molar-refractivity contribution in [2.75, 3.05) is 11.1 Å². The van der Waals surface area contributed by atoms with E-state index in [2.05, 4.69) is 26.4 Å².